The normalized spacial score (nSPS) is 19.2. The first-order valence-corrected chi connectivity index (χ1v) is 9.13. The second-order valence-electron chi connectivity index (χ2n) is 6.82. The Morgan fingerprint density at radius 1 is 0.960 bits per heavy atom. The van der Waals surface area contributed by atoms with Crippen LogP contribution in [0.2, 0.25) is 0 Å². The van der Waals surface area contributed by atoms with Gasteiger partial charge in [-0.3, -0.25) is 14.6 Å². The van der Waals surface area contributed by atoms with Gasteiger partial charge >= 0.3 is 0 Å². The molecule has 0 aromatic heterocycles. The van der Waals surface area contributed by atoms with Crippen molar-refractivity contribution < 1.29 is 14.3 Å². The fraction of sp³-hybridized carbons (Fsp3) is 0.632. The quantitative estimate of drug-likeness (QED) is 0.779. The number of hydrogen-bond donors (Lipinski definition) is 0. The lowest BCUT2D eigenvalue weighted by molar-refractivity contribution is -0.131. The van der Waals surface area contributed by atoms with Gasteiger partial charge in [0, 0.05) is 51.4 Å². The largest absolute Gasteiger partial charge is 0.497 e. The first-order valence-electron chi connectivity index (χ1n) is 9.13. The SMILES string of the molecule is COc1ccc(OC)c(CN2CCN(CC(=O)N3CCCC3)CC2)c1. The van der Waals surface area contributed by atoms with Crippen LogP contribution in [-0.4, -0.2) is 80.6 Å². The maximum atomic E-state index is 12.3. The summed E-state index contributed by atoms with van der Waals surface area (Å²) < 4.78 is 10.8. The van der Waals surface area contributed by atoms with E-state index in [2.05, 4.69) is 9.80 Å². The Kier molecular flexibility index (Phi) is 6.15. The molecule has 3 rings (SSSR count). The molecule has 0 aliphatic carbocycles. The van der Waals surface area contributed by atoms with Crippen LogP contribution in [0.4, 0.5) is 0 Å². The van der Waals surface area contributed by atoms with Gasteiger partial charge in [0.1, 0.15) is 11.5 Å². The van der Waals surface area contributed by atoms with Crippen LogP contribution in [0, 0.1) is 0 Å². The molecule has 1 amide bonds. The van der Waals surface area contributed by atoms with E-state index < -0.39 is 0 Å². The Morgan fingerprint density at radius 3 is 2.28 bits per heavy atom. The Labute approximate surface area is 150 Å². The van der Waals surface area contributed by atoms with Crippen molar-refractivity contribution in [2.75, 3.05) is 60.0 Å². The van der Waals surface area contributed by atoms with Crippen molar-refractivity contribution >= 4 is 5.91 Å². The second kappa shape index (κ2) is 8.54. The van der Waals surface area contributed by atoms with Gasteiger partial charge in [0.25, 0.3) is 0 Å². The van der Waals surface area contributed by atoms with E-state index in [9.17, 15) is 4.79 Å². The highest BCUT2D eigenvalue weighted by Crippen LogP contribution is 2.25. The fourth-order valence-electron chi connectivity index (χ4n) is 3.61. The molecule has 1 aromatic carbocycles. The number of carbonyl (C=O) groups excluding carboxylic acids is 1. The van der Waals surface area contributed by atoms with Gasteiger partial charge in [-0.15, -0.1) is 0 Å². The number of piperazine rings is 1. The maximum absolute atomic E-state index is 12.3. The maximum Gasteiger partial charge on any atom is 0.236 e. The third kappa shape index (κ3) is 4.64. The van der Waals surface area contributed by atoms with Crippen LogP contribution in [0.15, 0.2) is 18.2 Å². The molecule has 2 heterocycles. The van der Waals surface area contributed by atoms with E-state index in [4.69, 9.17) is 9.47 Å². The van der Waals surface area contributed by atoms with Crippen molar-refractivity contribution in [3.05, 3.63) is 23.8 Å². The van der Waals surface area contributed by atoms with Gasteiger partial charge in [0.15, 0.2) is 0 Å². The topological polar surface area (TPSA) is 45.3 Å². The van der Waals surface area contributed by atoms with Crippen molar-refractivity contribution in [3.8, 4) is 11.5 Å². The Hall–Kier alpha value is -1.79. The molecule has 2 fully saturated rings. The molecule has 0 unspecified atom stereocenters. The lowest BCUT2D eigenvalue weighted by Crippen LogP contribution is -2.49. The van der Waals surface area contributed by atoms with E-state index >= 15 is 0 Å². The first-order chi connectivity index (χ1) is 12.2. The van der Waals surface area contributed by atoms with Crippen LogP contribution < -0.4 is 9.47 Å². The van der Waals surface area contributed by atoms with Crippen molar-refractivity contribution in [3.63, 3.8) is 0 Å². The summed E-state index contributed by atoms with van der Waals surface area (Å²) in [5.74, 6) is 2.04. The number of carbonyl (C=O) groups is 1. The molecule has 0 saturated carbocycles. The number of rotatable bonds is 6. The van der Waals surface area contributed by atoms with E-state index in [1.54, 1.807) is 14.2 Å². The molecule has 25 heavy (non-hydrogen) atoms. The van der Waals surface area contributed by atoms with Crippen LogP contribution in [-0.2, 0) is 11.3 Å². The molecule has 0 spiro atoms. The summed E-state index contributed by atoms with van der Waals surface area (Å²) in [6.07, 6.45) is 2.31. The highest BCUT2D eigenvalue weighted by atomic mass is 16.5. The monoisotopic (exact) mass is 347 g/mol. The molecule has 2 aliphatic heterocycles. The third-order valence-electron chi connectivity index (χ3n) is 5.16. The Bertz CT molecular complexity index is 579. The van der Waals surface area contributed by atoms with E-state index in [1.807, 2.05) is 23.1 Å². The molecule has 0 bridgehead atoms. The lowest BCUT2D eigenvalue weighted by atomic mass is 10.1. The van der Waals surface area contributed by atoms with Crippen molar-refractivity contribution in [2.45, 2.75) is 19.4 Å². The van der Waals surface area contributed by atoms with Crippen LogP contribution in [0.5, 0.6) is 11.5 Å². The number of ether oxygens (including phenoxy) is 2. The summed E-state index contributed by atoms with van der Waals surface area (Å²) in [6, 6.07) is 5.92. The van der Waals surface area contributed by atoms with Crippen LogP contribution in [0.3, 0.4) is 0 Å². The predicted molar refractivity (Wildman–Crippen MR) is 97.1 cm³/mol. The number of benzene rings is 1. The minimum atomic E-state index is 0.292. The van der Waals surface area contributed by atoms with E-state index in [0.29, 0.717) is 12.5 Å². The minimum Gasteiger partial charge on any atom is -0.497 e. The zero-order valence-electron chi connectivity index (χ0n) is 15.4. The van der Waals surface area contributed by atoms with Gasteiger partial charge < -0.3 is 14.4 Å². The number of likely N-dealkylation sites (tertiary alicyclic amines) is 1. The van der Waals surface area contributed by atoms with Gasteiger partial charge in [-0.2, -0.15) is 0 Å². The van der Waals surface area contributed by atoms with Gasteiger partial charge in [-0.05, 0) is 31.0 Å². The summed E-state index contributed by atoms with van der Waals surface area (Å²) >= 11 is 0. The van der Waals surface area contributed by atoms with Crippen molar-refractivity contribution in [1.82, 2.24) is 14.7 Å². The van der Waals surface area contributed by atoms with Crippen molar-refractivity contribution in [2.24, 2.45) is 0 Å². The standard InChI is InChI=1S/C19H29N3O3/c1-24-17-5-6-18(25-2)16(13-17)14-20-9-11-21(12-10-20)15-19(23)22-7-3-4-8-22/h5-6,13H,3-4,7-12,14-15H2,1-2H3. The van der Waals surface area contributed by atoms with E-state index in [-0.39, 0.29) is 0 Å². The number of methoxy groups -OCH3 is 2. The zero-order valence-corrected chi connectivity index (χ0v) is 15.4. The summed E-state index contributed by atoms with van der Waals surface area (Å²) in [5, 5.41) is 0. The average molecular weight is 347 g/mol. The van der Waals surface area contributed by atoms with Gasteiger partial charge in [0.2, 0.25) is 5.91 Å². The molecule has 138 valence electrons. The summed E-state index contributed by atoms with van der Waals surface area (Å²) in [6.45, 7) is 7.09. The van der Waals surface area contributed by atoms with Gasteiger partial charge in [0.05, 0.1) is 20.8 Å². The summed E-state index contributed by atoms with van der Waals surface area (Å²) in [4.78, 5) is 19.0. The molecule has 2 saturated heterocycles. The van der Waals surface area contributed by atoms with E-state index in [1.165, 1.54) is 0 Å². The predicted octanol–water partition coefficient (Wildman–Crippen LogP) is 1.44. The second-order valence-corrected chi connectivity index (χ2v) is 6.82. The highest BCUT2D eigenvalue weighted by molar-refractivity contribution is 5.78. The fourth-order valence-corrected chi connectivity index (χ4v) is 3.61. The zero-order chi connectivity index (χ0) is 17.6. The molecular formula is C19H29N3O3. The number of hydrogen-bond acceptors (Lipinski definition) is 5. The Balaban J connectivity index is 1.50. The molecule has 0 radical (unpaired) electrons. The molecule has 6 heteroatoms. The number of nitrogens with zero attached hydrogens (tertiary/aromatic N) is 3. The van der Waals surface area contributed by atoms with Crippen LogP contribution >= 0.6 is 0 Å². The first kappa shape index (κ1) is 18.0. The van der Waals surface area contributed by atoms with Crippen LogP contribution in [0.1, 0.15) is 18.4 Å². The number of amides is 1. The van der Waals surface area contributed by atoms with E-state index in [0.717, 1.165) is 75.7 Å². The summed E-state index contributed by atoms with van der Waals surface area (Å²) in [7, 11) is 3.38. The average Bonchev–Trinajstić information content (AvgIpc) is 3.18. The summed E-state index contributed by atoms with van der Waals surface area (Å²) in [5.41, 5.74) is 1.14. The molecule has 2 aliphatic rings. The highest BCUT2D eigenvalue weighted by Gasteiger charge is 2.23. The molecule has 0 atom stereocenters. The van der Waals surface area contributed by atoms with Crippen molar-refractivity contribution in [1.29, 1.82) is 0 Å². The minimum absolute atomic E-state index is 0.292. The van der Waals surface area contributed by atoms with Gasteiger partial charge in [-0.25, -0.2) is 0 Å². The lowest BCUT2D eigenvalue weighted by Gasteiger charge is -2.35. The third-order valence-corrected chi connectivity index (χ3v) is 5.16. The van der Waals surface area contributed by atoms with Gasteiger partial charge in [-0.1, -0.05) is 0 Å². The Morgan fingerprint density at radius 2 is 1.64 bits per heavy atom. The molecule has 0 N–H and O–H groups in total. The smallest absolute Gasteiger partial charge is 0.236 e. The molecule has 6 nitrogen and oxygen atoms in total. The van der Waals surface area contributed by atoms with Crippen LogP contribution in [0.25, 0.3) is 0 Å². The molecular weight excluding hydrogens is 318 g/mol. The molecule has 1 aromatic rings.